The van der Waals surface area contributed by atoms with E-state index in [9.17, 15) is 4.79 Å². The second-order valence-electron chi connectivity index (χ2n) is 4.47. The SMILES string of the molecule is O=C(Cc1ccc(Cl)cc1)NCCC1OCCCO1. The number of halogens is 1. The van der Waals surface area contributed by atoms with E-state index >= 15 is 0 Å². The van der Waals surface area contributed by atoms with Gasteiger partial charge in [0, 0.05) is 18.0 Å². The molecule has 1 heterocycles. The molecule has 0 saturated carbocycles. The normalized spacial score (nSPS) is 16.3. The fraction of sp³-hybridized carbons (Fsp3) is 0.500. The van der Waals surface area contributed by atoms with Gasteiger partial charge >= 0.3 is 0 Å². The molecule has 2 rings (SSSR count). The highest BCUT2D eigenvalue weighted by Gasteiger charge is 2.14. The zero-order chi connectivity index (χ0) is 13.5. The fourth-order valence-corrected chi connectivity index (χ4v) is 2.01. The summed E-state index contributed by atoms with van der Waals surface area (Å²) in [7, 11) is 0. The van der Waals surface area contributed by atoms with Gasteiger partial charge in [-0.1, -0.05) is 23.7 Å². The molecule has 1 saturated heterocycles. The quantitative estimate of drug-likeness (QED) is 0.901. The molecule has 1 amide bonds. The number of carbonyl (C=O) groups excluding carboxylic acids is 1. The van der Waals surface area contributed by atoms with Gasteiger partial charge in [0.25, 0.3) is 0 Å². The fourth-order valence-electron chi connectivity index (χ4n) is 1.88. The molecule has 1 N–H and O–H groups in total. The third-order valence-corrected chi connectivity index (χ3v) is 3.13. The van der Waals surface area contributed by atoms with Crippen molar-refractivity contribution in [2.24, 2.45) is 0 Å². The van der Waals surface area contributed by atoms with Crippen molar-refractivity contribution in [1.82, 2.24) is 5.32 Å². The van der Waals surface area contributed by atoms with Crippen LogP contribution in [0.2, 0.25) is 5.02 Å². The summed E-state index contributed by atoms with van der Waals surface area (Å²) in [6.07, 6.45) is 1.82. The standard InChI is InChI=1S/C14H18ClNO3/c15-12-4-2-11(3-5-12)10-13(17)16-7-6-14-18-8-1-9-19-14/h2-5,14H,1,6-10H2,(H,16,17). The first-order valence-corrected chi connectivity index (χ1v) is 6.86. The number of benzene rings is 1. The van der Waals surface area contributed by atoms with E-state index in [1.54, 1.807) is 12.1 Å². The van der Waals surface area contributed by atoms with Gasteiger partial charge in [-0.3, -0.25) is 4.79 Å². The summed E-state index contributed by atoms with van der Waals surface area (Å²) < 4.78 is 10.8. The van der Waals surface area contributed by atoms with Gasteiger partial charge in [-0.2, -0.15) is 0 Å². The summed E-state index contributed by atoms with van der Waals surface area (Å²) in [5.41, 5.74) is 0.951. The number of nitrogens with one attached hydrogen (secondary N) is 1. The monoisotopic (exact) mass is 283 g/mol. The molecule has 0 atom stereocenters. The van der Waals surface area contributed by atoms with Crippen molar-refractivity contribution in [2.45, 2.75) is 25.6 Å². The first-order chi connectivity index (χ1) is 9.24. The molecular formula is C14H18ClNO3. The maximum atomic E-state index is 11.7. The first kappa shape index (κ1) is 14.3. The molecule has 104 valence electrons. The predicted molar refractivity (Wildman–Crippen MR) is 73.1 cm³/mol. The largest absolute Gasteiger partial charge is 0.356 e. The van der Waals surface area contributed by atoms with Crippen LogP contribution in [0.1, 0.15) is 18.4 Å². The van der Waals surface area contributed by atoms with E-state index in [0.717, 1.165) is 25.2 Å². The average molecular weight is 284 g/mol. The van der Waals surface area contributed by atoms with Crippen LogP contribution in [0.5, 0.6) is 0 Å². The summed E-state index contributed by atoms with van der Waals surface area (Å²) in [6, 6.07) is 7.28. The summed E-state index contributed by atoms with van der Waals surface area (Å²) in [5, 5.41) is 3.54. The van der Waals surface area contributed by atoms with Crippen LogP contribution in [0.15, 0.2) is 24.3 Å². The van der Waals surface area contributed by atoms with Gasteiger partial charge in [-0.05, 0) is 24.1 Å². The minimum atomic E-state index is -0.176. The highest BCUT2D eigenvalue weighted by molar-refractivity contribution is 6.30. The Morgan fingerprint density at radius 1 is 1.26 bits per heavy atom. The summed E-state index contributed by atoms with van der Waals surface area (Å²) in [6.45, 7) is 2.05. The van der Waals surface area contributed by atoms with Crippen molar-refractivity contribution in [1.29, 1.82) is 0 Å². The number of amides is 1. The Morgan fingerprint density at radius 2 is 1.95 bits per heavy atom. The van der Waals surface area contributed by atoms with Gasteiger partial charge in [0.15, 0.2) is 6.29 Å². The van der Waals surface area contributed by atoms with Gasteiger partial charge in [0.2, 0.25) is 5.91 Å². The summed E-state index contributed by atoms with van der Waals surface area (Å²) in [5.74, 6) is -0.00173. The van der Waals surface area contributed by atoms with Gasteiger partial charge < -0.3 is 14.8 Å². The van der Waals surface area contributed by atoms with Gasteiger partial charge in [0.05, 0.1) is 19.6 Å². The van der Waals surface area contributed by atoms with E-state index in [1.165, 1.54) is 0 Å². The number of carbonyl (C=O) groups is 1. The van der Waals surface area contributed by atoms with Crippen molar-refractivity contribution in [2.75, 3.05) is 19.8 Å². The smallest absolute Gasteiger partial charge is 0.224 e. The van der Waals surface area contributed by atoms with Gasteiger partial charge in [0.1, 0.15) is 0 Å². The topological polar surface area (TPSA) is 47.6 Å². The van der Waals surface area contributed by atoms with Crippen LogP contribution in [0.4, 0.5) is 0 Å². The number of rotatable bonds is 5. The van der Waals surface area contributed by atoms with E-state index in [0.29, 0.717) is 24.4 Å². The third-order valence-electron chi connectivity index (χ3n) is 2.88. The van der Waals surface area contributed by atoms with Crippen LogP contribution in [-0.2, 0) is 20.7 Å². The highest BCUT2D eigenvalue weighted by atomic mass is 35.5. The molecule has 1 aromatic carbocycles. The van der Waals surface area contributed by atoms with E-state index in [2.05, 4.69) is 5.32 Å². The Morgan fingerprint density at radius 3 is 2.63 bits per heavy atom. The van der Waals surface area contributed by atoms with Crippen LogP contribution in [0, 0.1) is 0 Å². The van der Waals surface area contributed by atoms with E-state index in [4.69, 9.17) is 21.1 Å². The second kappa shape index (κ2) is 7.48. The predicted octanol–water partition coefficient (Wildman–Crippen LogP) is 2.15. The first-order valence-electron chi connectivity index (χ1n) is 6.48. The zero-order valence-corrected chi connectivity index (χ0v) is 11.5. The molecule has 1 aliphatic heterocycles. The molecule has 0 unspecified atom stereocenters. The van der Waals surface area contributed by atoms with Gasteiger partial charge in [-0.25, -0.2) is 0 Å². The van der Waals surface area contributed by atoms with E-state index in [-0.39, 0.29) is 12.2 Å². The molecule has 0 aliphatic carbocycles. The average Bonchev–Trinajstić information content (AvgIpc) is 2.43. The second-order valence-corrected chi connectivity index (χ2v) is 4.90. The number of ether oxygens (including phenoxy) is 2. The molecule has 0 spiro atoms. The minimum Gasteiger partial charge on any atom is -0.356 e. The zero-order valence-electron chi connectivity index (χ0n) is 10.7. The molecule has 1 aromatic rings. The van der Waals surface area contributed by atoms with Crippen LogP contribution in [0.25, 0.3) is 0 Å². The third kappa shape index (κ3) is 5.19. The van der Waals surface area contributed by atoms with Crippen LogP contribution >= 0.6 is 11.6 Å². The van der Waals surface area contributed by atoms with Crippen molar-refractivity contribution >= 4 is 17.5 Å². The molecule has 1 aliphatic rings. The van der Waals surface area contributed by atoms with Crippen LogP contribution < -0.4 is 5.32 Å². The lowest BCUT2D eigenvalue weighted by molar-refractivity contribution is -0.180. The van der Waals surface area contributed by atoms with Gasteiger partial charge in [-0.15, -0.1) is 0 Å². The Kier molecular flexibility index (Phi) is 5.63. The van der Waals surface area contributed by atoms with Crippen molar-refractivity contribution < 1.29 is 14.3 Å². The maximum absolute atomic E-state index is 11.7. The molecule has 1 fully saturated rings. The Labute approximate surface area is 118 Å². The summed E-state index contributed by atoms with van der Waals surface area (Å²) >= 11 is 5.79. The molecule has 5 heteroatoms. The lowest BCUT2D eigenvalue weighted by Crippen LogP contribution is -2.32. The molecule has 0 radical (unpaired) electrons. The number of hydrogen-bond acceptors (Lipinski definition) is 3. The Hall–Kier alpha value is -1.10. The molecule has 4 nitrogen and oxygen atoms in total. The minimum absolute atomic E-state index is 0.00173. The molecule has 0 bridgehead atoms. The lowest BCUT2D eigenvalue weighted by Gasteiger charge is -2.23. The van der Waals surface area contributed by atoms with E-state index in [1.807, 2.05) is 12.1 Å². The van der Waals surface area contributed by atoms with Crippen molar-refractivity contribution in [3.8, 4) is 0 Å². The van der Waals surface area contributed by atoms with E-state index < -0.39 is 0 Å². The maximum Gasteiger partial charge on any atom is 0.224 e. The number of hydrogen-bond donors (Lipinski definition) is 1. The van der Waals surface area contributed by atoms with Crippen LogP contribution in [-0.4, -0.2) is 32.0 Å². The molecule has 19 heavy (non-hydrogen) atoms. The Bertz CT molecular complexity index is 402. The molecule has 0 aromatic heterocycles. The Balaban J connectivity index is 1.65. The van der Waals surface area contributed by atoms with Crippen molar-refractivity contribution in [3.63, 3.8) is 0 Å². The molecular weight excluding hydrogens is 266 g/mol. The van der Waals surface area contributed by atoms with Crippen LogP contribution in [0.3, 0.4) is 0 Å². The lowest BCUT2D eigenvalue weighted by atomic mass is 10.1. The van der Waals surface area contributed by atoms with Crippen molar-refractivity contribution in [3.05, 3.63) is 34.9 Å². The summed E-state index contributed by atoms with van der Waals surface area (Å²) in [4.78, 5) is 11.7. The highest BCUT2D eigenvalue weighted by Crippen LogP contribution is 2.10.